The van der Waals surface area contributed by atoms with E-state index in [1.54, 1.807) is 18.2 Å². The molecule has 0 spiro atoms. The lowest BCUT2D eigenvalue weighted by Gasteiger charge is -2.03. The van der Waals surface area contributed by atoms with Crippen LogP contribution in [0.25, 0.3) is 10.4 Å². The third kappa shape index (κ3) is 2.11. The summed E-state index contributed by atoms with van der Waals surface area (Å²) < 4.78 is 0.756. The topological polar surface area (TPSA) is 50.2 Å². The van der Waals surface area contributed by atoms with Crippen LogP contribution in [-0.4, -0.2) is 16.1 Å². The van der Waals surface area contributed by atoms with E-state index >= 15 is 0 Å². The molecule has 1 aromatic carbocycles. The Labute approximate surface area is 109 Å². The summed E-state index contributed by atoms with van der Waals surface area (Å²) in [6, 6.07) is 5.21. The van der Waals surface area contributed by atoms with Crippen LogP contribution < -0.4 is 0 Å². The summed E-state index contributed by atoms with van der Waals surface area (Å²) in [5.74, 6) is -1.03. The minimum atomic E-state index is -1.03. The van der Waals surface area contributed by atoms with Gasteiger partial charge in [0.25, 0.3) is 0 Å². The summed E-state index contributed by atoms with van der Waals surface area (Å²) in [4.78, 5) is 15.4. The molecule has 0 aliphatic heterocycles. The number of rotatable bonds is 2. The Balaban J connectivity index is 2.59. The Kier molecular flexibility index (Phi) is 3.28. The average Bonchev–Trinajstić information content (AvgIpc) is 2.66. The molecule has 0 radical (unpaired) electrons. The number of aromatic nitrogens is 1. The second-order valence-corrected chi connectivity index (χ2v) is 5.10. The maximum atomic E-state index is 10.9. The van der Waals surface area contributed by atoms with E-state index in [1.165, 1.54) is 16.8 Å². The number of nitrogens with zero attached hydrogens (tertiary/aromatic N) is 1. The molecule has 0 saturated carbocycles. The highest BCUT2D eigenvalue weighted by Gasteiger charge is 2.16. The second-order valence-electron chi connectivity index (χ2n) is 2.96. The molecule has 0 fully saturated rings. The fraction of sp³-hybridized carbons (Fsp3) is 0. The van der Waals surface area contributed by atoms with Crippen molar-refractivity contribution in [3.8, 4) is 10.4 Å². The van der Waals surface area contributed by atoms with Gasteiger partial charge in [-0.2, -0.15) is 0 Å². The van der Waals surface area contributed by atoms with E-state index in [0.29, 0.717) is 9.90 Å². The van der Waals surface area contributed by atoms with Crippen molar-refractivity contribution in [2.75, 3.05) is 0 Å². The van der Waals surface area contributed by atoms with Gasteiger partial charge in [-0.15, -0.1) is 11.3 Å². The van der Waals surface area contributed by atoms with E-state index in [-0.39, 0.29) is 5.69 Å². The SMILES string of the molecule is O=C(O)c1ncsc1-c1ccc(Cl)cc1Br. The van der Waals surface area contributed by atoms with Gasteiger partial charge in [0.15, 0.2) is 5.69 Å². The zero-order chi connectivity index (χ0) is 11.7. The molecular formula is C10H5BrClNO2S. The number of benzene rings is 1. The number of carboxylic acids is 1. The summed E-state index contributed by atoms with van der Waals surface area (Å²) in [6.45, 7) is 0. The molecule has 82 valence electrons. The third-order valence-corrected chi connectivity index (χ3v) is 3.70. The number of carbonyl (C=O) groups is 1. The number of carboxylic acid groups (broad SMARTS) is 1. The lowest BCUT2D eigenvalue weighted by molar-refractivity contribution is 0.0692. The van der Waals surface area contributed by atoms with Gasteiger partial charge in [0.05, 0.1) is 10.4 Å². The van der Waals surface area contributed by atoms with E-state index in [4.69, 9.17) is 16.7 Å². The van der Waals surface area contributed by atoms with Crippen molar-refractivity contribution < 1.29 is 9.90 Å². The molecule has 0 bridgehead atoms. The minimum Gasteiger partial charge on any atom is -0.476 e. The first-order valence-corrected chi connectivity index (χ1v) is 6.27. The van der Waals surface area contributed by atoms with Gasteiger partial charge in [0.1, 0.15) is 0 Å². The zero-order valence-electron chi connectivity index (χ0n) is 7.78. The van der Waals surface area contributed by atoms with Crippen LogP contribution in [0.2, 0.25) is 5.02 Å². The lowest BCUT2D eigenvalue weighted by Crippen LogP contribution is -1.98. The molecule has 1 aromatic heterocycles. The van der Waals surface area contributed by atoms with E-state index < -0.39 is 5.97 Å². The second kappa shape index (κ2) is 4.53. The van der Waals surface area contributed by atoms with Crippen LogP contribution in [0.4, 0.5) is 0 Å². The fourth-order valence-corrected chi connectivity index (χ4v) is 3.10. The molecule has 0 atom stereocenters. The van der Waals surface area contributed by atoms with Gasteiger partial charge in [-0.1, -0.05) is 33.6 Å². The van der Waals surface area contributed by atoms with Gasteiger partial charge >= 0.3 is 5.97 Å². The van der Waals surface area contributed by atoms with Gasteiger partial charge < -0.3 is 5.11 Å². The molecule has 1 heterocycles. The summed E-state index contributed by atoms with van der Waals surface area (Å²) in [6.07, 6.45) is 0. The van der Waals surface area contributed by atoms with Gasteiger partial charge in [0.2, 0.25) is 0 Å². The summed E-state index contributed by atoms with van der Waals surface area (Å²) in [5, 5.41) is 9.56. The lowest BCUT2D eigenvalue weighted by atomic mass is 10.1. The summed E-state index contributed by atoms with van der Waals surface area (Å²) >= 11 is 10.5. The molecule has 0 aliphatic rings. The van der Waals surface area contributed by atoms with E-state index in [0.717, 1.165) is 10.0 Å². The Bertz CT molecular complexity index is 556. The van der Waals surface area contributed by atoms with Crippen molar-refractivity contribution in [1.29, 1.82) is 0 Å². The number of halogens is 2. The van der Waals surface area contributed by atoms with E-state index in [2.05, 4.69) is 20.9 Å². The number of hydrogen-bond acceptors (Lipinski definition) is 3. The van der Waals surface area contributed by atoms with Crippen LogP contribution >= 0.6 is 38.9 Å². The molecule has 0 unspecified atom stereocenters. The third-order valence-electron chi connectivity index (χ3n) is 1.95. The van der Waals surface area contributed by atoms with Gasteiger partial charge in [-0.05, 0) is 12.1 Å². The van der Waals surface area contributed by atoms with Gasteiger partial charge in [-0.25, -0.2) is 9.78 Å². The molecule has 0 aliphatic carbocycles. The molecule has 0 saturated heterocycles. The normalized spacial score (nSPS) is 10.4. The van der Waals surface area contributed by atoms with Crippen LogP contribution in [0.15, 0.2) is 28.2 Å². The highest BCUT2D eigenvalue weighted by Crippen LogP contribution is 2.35. The standard InChI is InChI=1S/C10H5BrClNO2S/c11-7-3-5(12)1-2-6(7)9-8(10(14)15)13-4-16-9/h1-4H,(H,14,15). The Morgan fingerprint density at radius 2 is 2.25 bits per heavy atom. The fourth-order valence-electron chi connectivity index (χ4n) is 1.26. The van der Waals surface area contributed by atoms with Crippen LogP contribution in [0.5, 0.6) is 0 Å². The maximum Gasteiger partial charge on any atom is 0.356 e. The number of hydrogen-bond donors (Lipinski definition) is 1. The first kappa shape index (κ1) is 11.6. The largest absolute Gasteiger partial charge is 0.476 e. The molecule has 1 N–H and O–H groups in total. The Morgan fingerprint density at radius 1 is 1.50 bits per heavy atom. The van der Waals surface area contributed by atoms with Gasteiger partial charge in [0, 0.05) is 15.1 Å². The van der Waals surface area contributed by atoms with Crippen molar-refractivity contribution >= 4 is 44.8 Å². The molecule has 0 amide bonds. The maximum absolute atomic E-state index is 10.9. The average molecular weight is 319 g/mol. The monoisotopic (exact) mass is 317 g/mol. The molecule has 6 heteroatoms. The molecule has 3 nitrogen and oxygen atoms in total. The van der Waals surface area contributed by atoms with Crippen LogP contribution in [0, 0.1) is 0 Å². The summed E-state index contributed by atoms with van der Waals surface area (Å²) in [7, 11) is 0. The summed E-state index contributed by atoms with van der Waals surface area (Å²) in [5.41, 5.74) is 2.36. The molecule has 2 aromatic rings. The van der Waals surface area contributed by atoms with E-state index in [1.807, 2.05) is 0 Å². The first-order chi connectivity index (χ1) is 7.59. The van der Waals surface area contributed by atoms with Crippen molar-refractivity contribution in [2.24, 2.45) is 0 Å². The molecule has 16 heavy (non-hydrogen) atoms. The van der Waals surface area contributed by atoms with Crippen LogP contribution in [-0.2, 0) is 0 Å². The number of thiazole rings is 1. The van der Waals surface area contributed by atoms with Crippen LogP contribution in [0.3, 0.4) is 0 Å². The van der Waals surface area contributed by atoms with Crippen molar-refractivity contribution in [3.63, 3.8) is 0 Å². The Hall–Kier alpha value is -0.910. The Morgan fingerprint density at radius 3 is 2.88 bits per heavy atom. The minimum absolute atomic E-state index is 0.0630. The van der Waals surface area contributed by atoms with Crippen LogP contribution in [0.1, 0.15) is 10.5 Å². The molecule has 2 rings (SSSR count). The predicted molar refractivity (Wildman–Crippen MR) is 67.2 cm³/mol. The number of aromatic carboxylic acids is 1. The van der Waals surface area contributed by atoms with E-state index in [9.17, 15) is 4.79 Å². The van der Waals surface area contributed by atoms with Crippen molar-refractivity contribution in [3.05, 3.63) is 38.9 Å². The first-order valence-electron chi connectivity index (χ1n) is 4.22. The van der Waals surface area contributed by atoms with Crippen molar-refractivity contribution in [1.82, 2.24) is 4.98 Å². The quantitative estimate of drug-likeness (QED) is 0.913. The van der Waals surface area contributed by atoms with Gasteiger partial charge in [-0.3, -0.25) is 0 Å². The molecular weight excluding hydrogens is 314 g/mol. The van der Waals surface area contributed by atoms with Crippen molar-refractivity contribution in [2.45, 2.75) is 0 Å². The highest BCUT2D eigenvalue weighted by atomic mass is 79.9. The predicted octanol–water partition coefficient (Wildman–Crippen LogP) is 3.92. The zero-order valence-corrected chi connectivity index (χ0v) is 10.9. The highest BCUT2D eigenvalue weighted by molar-refractivity contribution is 9.10. The smallest absolute Gasteiger partial charge is 0.356 e.